The molecule has 0 aliphatic rings. The molecule has 2 heterocycles. The first-order valence-electron chi connectivity index (χ1n) is 9.12. The van der Waals surface area contributed by atoms with E-state index in [0.29, 0.717) is 0 Å². The minimum atomic E-state index is 0.728. The summed E-state index contributed by atoms with van der Waals surface area (Å²) in [5, 5.41) is 1.09. The summed E-state index contributed by atoms with van der Waals surface area (Å²) < 4.78 is 8.23. The standard InChI is InChI=1S/C22H23N3O/c1-2-3-8-22-24-11-12-25(22)15-16-9-10-20-17(13-16)14-21(26-20)18-6-4-5-7-19(18)23/h4-7,9-14H,2-3,8,15,23H2,1H3. The summed E-state index contributed by atoms with van der Waals surface area (Å²) in [7, 11) is 0. The molecule has 2 aromatic carbocycles. The van der Waals surface area contributed by atoms with Crippen LogP contribution in [0.4, 0.5) is 5.69 Å². The van der Waals surface area contributed by atoms with Crippen molar-refractivity contribution < 1.29 is 4.42 Å². The normalized spacial score (nSPS) is 11.3. The average molecular weight is 345 g/mol. The van der Waals surface area contributed by atoms with E-state index in [4.69, 9.17) is 10.2 Å². The van der Waals surface area contributed by atoms with Gasteiger partial charge in [0, 0.05) is 42.0 Å². The molecule has 0 unspecified atom stereocenters. The van der Waals surface area contributed by atoms with Gasteiger partial charge in [0.05, 0.1) is 0 Å². The summed E-state index contributed by atoms with van der Waals surface area (Å²) in [5.74, 6) is 1.96. The molecule has 0 bridgehead atoms. The number of rotatable bonds is 6. The van der Waals surface area contributed by atoms with E-state index >= 15 is 0 Å². The van der Waals surface area contributed by atoms with Crippen molar-refractivity contribution >= 4 is 16.7 Å². The number of para-hydroxylation sites is 1. The van der Waals surface area contributed by atoms with Gasteiger partial charge in [-0.2, -0.15) is 0 Å². The molecule has 0 aliphatic carbocycles. The lowest BCUT2D eigenvalue weighted by Gasteiger charge is -2.07. The Balaban J connectivity index is 1.62. The second kappa shape index (κ2) is 7.08. The Labute approximate surface area is 153 Å². The molecule has 4 heteroatoms. The van der Waals surface area contributed by atoms with Gasteiger partial charge in [-0.3, -0.25) is 0 Å². The smallest absolute Gasteiger partial charge is 0.137 e. The van der Waals surface area contributed by atoms with E-state index in [1.165, 1.54) is 18.4 Å². The number of aryl methyl sites for hydroxylation is 1. The SMILES string of the molecule is CCCCc1nccn1Cc1ccc2oc(-c3ccccc3N)cc2c1. The third kappa shape index (κ3) is 3.23. The Kier molecular flexibility index (Phi) is 4.48. The molecular weight excluding hydrogens is 322 g/mol. The molecule has 0 amide bonds. The Hall–Kier alpha value is -3.01. The van der Waals surface area contributed by atoms with Gasteiger partial charge in [0.25, 0.3) is 0 Å². The van der Waals surface area contributed by atoms with Gasteiger partial charge in [-0.25, -0.2) is 4.98 Å². The van der Waals surface area contributed by atoms with E-state index in [1.807, 2.05) is 36.5 Å². The van der Waals surface area contributed by atoms with Crippen LogP contribution in [-0.2, 0) is 13.0 Å². The van der Waals surface area contributed by atoms with Crippen molar-refractivity contribution in [3.8, 4) is 11.3 Å². The number of nitrogen functional groups attached to an aromatic ring is 1. The number of anilines is 1. The van der Waals surface area contributed by atoms with Crippen molar-refractivity contribution in [3.05, 3.63) is 72.3 Å². The first-order valence-corrected chi connectivity index (χ1v) is 9.12. The first-order chi connectivity index (χ1) is 12.7. The molecule has 0 radical (unpaired) electrons. The van der Waals surface area contributed by atoms with Crippen LogP contribution in [0.3, 0.4) is 0 Å². The number of aromatic nitrogens is 2. The minimum Gasteiger partial charge on any atom is -0.456 e. The third-order valence-electron chi connectivity index (χ3n) is 4.72. The monoisotopic (exact) mass is 345 g/mol. The Morgan fingerprint density at radius 3 is 2.85 bits per heavy atom. The lowest BCUT2D eigenvalue weighted by atomic mass is 10.1. The zero-order valence-corrected chi connectivity index (χ0v) is 15.0. The van der Waals surface area contributed by atoms with Gasteiger partial charge < -0.3 is 14.7 Å². The van der Waals surface area contributed by atoms with Crippen molar-refractivity contribution in [2.45, 2.75) is 32.7 Å². The van der Waals surface area contributed by atoms with E-state index in [2.05, 4.69) is 40.9 Å². The van der Waals surface area contributed by atoms with Crippen LogP contribution < -0.4 is 5.73 Å². The molecule has 0 saturated heterocycles. The quantitative estimate of drug-likeness (QED) is 0.484. The van der Waals surface area contributed by atoms with Crippen LogP contribution in [0.2, 0.25) is 0 Å². The zero-order chi connectivity index (χ0) is 17.9. The number of unbranched alkanes of at least 4 members (excludes halogenated alkanes) is 1. The highest BCUT2D eigenvalue weighted by Crippen LogP contribution is 2.31. The van der Waals surface area contributed by atoms with E-state index in [9.17, 15) is 0 Å². The first kappa shape index (κ1) is 16.5. The van der Waals surface area contributed by atoms with Gasteiger partial charge in [0.15, 0.2) is 0 Å². The molecule has 26 heavy (non-hydrogen) atoms. The molecule has 132 valence electrons. The summed E-state index contributed by atoms with van der Waals surface area (Å²) in [6, 6.07) is 16.2. The summed E-state index contributed by atoms with van der Waals surface area (Å²) in [5.41, 5.74) is 9.86. The van der Waals surface area contributed by atoms with Gasteiger partial charge in [0.2, 0.25) is 0 Å². The van der Waals surface area contributed by atoms with Gasteiger partial charge >= 0.3 is 0 Å². The number of fused-ring (bicyclic) bond motifs is 1. The maximum atomic E-state index is 6.08. The van der Waals surface area contributed by atoms with Crippen LogP contribution in [-0.4, -0.2) is 9.55 Å². The van der Waals surface area contributed by atoms with Crippen LogP contribution in [0.25, 0.3) is 22.3 Å². The van der Waals surface area contributed by atoms with E-state index in [-0.39, 0.29) is 0 Å². The molecule has 2 aromatic heterocycles. The summed E-state index contributed by atoms with van der Waals surface area (Å²) in [6.45, 7) is 3.03. The lowest BCUT2D eigenvalue weighted by molar-refractivity contribution is 0.631. The fraction of sp³-hybridized carbons (Fsp3) is 0.227. The number of imidazole rings is 1. The highest BCUT2D eigenvalue weighted by atomic mass is 16.3. The number of benzene rings is 2. The summed E-state index contributed by atoms with van der Waals surface area (Å²) in [6.07, 6.45) is 7.31. The van der Waals surface area contributed by atoms with Crippen LogP contribution >= 0.6 is 0 Å². The Morgan fingerprint density at radius 1 is 1.12 bits per heavy atom. The topological polar surface area (TPSA) is 57.0 Å². The molecular formula is C22H23N3O. The fourth-order valence-corrected chi connectivity index (χ4v) is 3.29. The van der Waals surface area contributed by atoms with Crippen molar-refractivity contribution in [3.63, 3.8) is 0 Å². The molecule has 0 fully saturated rings. The van der Waals surface area contributed by atoms with Gasteiger partial charge in [0.1, 0.15) is 17.2 Å². The van der Waals surface area contributed by atoms with E-state index < -0.39 is 0 Å². The molecule has 0 spiro atoms. The summed E-state index contributed by atoms with van der Waals surface area (Å²) >= 11 is 0. The lowest BCUT2D eigenvalue weighted by Crippen LogP contribution is -2.04. The fourth-order valence-electron chi connectivity index (χ4n) is 3.29. The molecule has 4 nitrogen and oxygen atoms in total. The zero-order valence-electron chi connectivity index (χ0n) is 15.0. The Bertz CT molecular complexity index is 1030. The molecule has 2 N–H and O–H groups in total. The molecule has 4 aromatic rings. The highest BCUT2D eigenvalue weighted by Gasteiger charge is 2.10. The van der Waals surface area contributed by atoms with E-state index in [1.54, 1.807) is 0 Å². The number of hydrogen-bond acceptors (Lipinski definition) is 3. The highest BCUT2D eigenvalue weighted by molar-refractivity contribution is 5.86. The van der Waals surface area contributed by atoms with Gasteiger partial charge in [-0.05, 0) is 42.3 Å². The largest absolute Gasteiger partial charge is 0.456 e. The maximum absolute atomic E-state index is 6.08. The molecule has 0 aliphatic heterocycles. The predicted octanol–water partition coefficient (Wildman–Crippen LogP) is 5.27. The average Bonchev–Trinajstić information content (AvgIpc) is 3.26. The predicted molar refractivity (Wildman–Crippen MR) is 106 cm³/mol. The molecule has 0 saturated carbocycles. The van der Waals surface area contributed by atoms with Crippen molar-refractivity contribution in [1.82, 2.24) is 9.55 Å². The Morgan fingerprint density at radius 2 is 2.00 bits per heavy atom. The number of nitrogens with zero attached hydrogens (tertiary/aromatic N) is 2. The summed E-state index contributed by atoms with van der Waals surface area (Å²) in [4.78, 5) is 4.50. The van der Waals surface area contributed by atoms with Gasteiger partial charge in [-0.15, -0.1) is 0 Å². The second-order valence-electron chi connectivity index (χ2n) is 6.65. The second-order valence-corrected chi connectivity index (χ2v) is 6.65. The van der Waals surface area contributed by atoms with Crippen molar-refractivity contribution in [2.75, 3.05) is 5.73 Å². The van der Waals surface area contributed by atoms with Crippen LogP contribution in [0.15, 0.2) is 65.3 Å². The van der Waals surface area contributed by atoms with Crippen LogP contribution in [0, 0.1) is 0 Å². The number of nitrogens with two attached hydrogens (primary N) is 1. The number of furan rings is 1. The number of hydrogen-bond donors (Lipinski definition) is 1. The molecule has 0 atom stereocenters. The van der Waals surface area contributed by atoms with Crippen molar-refractivity contribution in [2.24, 2.45) is 0 Å². The van der Waals surface area contributed by atoms with Gasteiger partial charge in [-0.1, -0.05) is 31.5 Å². The van der Waals surface area contributed by atoms with Crippen molar-refractivity contribution in [1.29, 1.82) is 0 Å². The maximum Gasteiger partial charge on any atom is 0.137 e. The third-order valence-corrected chi connectivity index (χ3v) is 4.72. The van der Waals surface area contributed by atoms with Crippen LogP contribution in [0.5, 0.6) is 0 Å². The van der Waals surface area contributed by atoms with Crippen LogP contribution in [0.1, 0.15) is 31.2 Å². The minimum absolute atomic E-state index is 0.728. The molecule has 4 rings (SSSR count). The van der Waals surface area contributed by atoms with E-state index in [0.717, 1.165) is 46.8 Å².